The second kappa shape index (κ2) is 18.3. The third-order valence-electron chi connectivity index (χ3n) is 14.3. The minimum Gasteiger partial charge on any atom is -0.308 e. The van der Waals surface area contributed by atoms with Gasteiger partial charge in [0, 0.05) is 61.7 Å². The highest BCUT2D eigenvalue weighted by Crippen LogP contribution is 2.74. The molecule has 0 N–H and O–H groups in total. The highest BCUT2D eigenvalue weighted by molar-refractivity contribution is 8.34. The van der Waals surface area contributed by atoms with Crippen LogP contribution in [0.4, 0.5) is 0 Å². The lowest BCUT2D eigenvalue weighted by molar-refractivity contribution is 1.17. The van der Waals surface area contributed by atoms with E-state index >= 15 is 0 Å². The van der Waals surface area contributed by atoms with Gasteiger partial charge in [-0.3, -0.25) is 0 Å². The predicted octanol–water partition coefficient (Wildman–Crippen LogP) is 5.43. The predicted molar refractivity (Wildman–Crippen MR) is 324 cm³/mol. The van der Waals surface area contributed by atoms with Gasteiger partial charge in [0.15, 0.2) is 0 Å². The van der Waals surface area contributed by atoms with E-state index in [0.717, 1.165) is 52.5 Å². The van der Waals surface area contributed by atoms with Crippen LogP contribution in [0, 0.1) is 0 Å². The quantitative estimate of drug-likeness (QED) is 0.180. The zero-order chi connectivity index (χ0) is 50.4. The summed E-state index contributed by atoms with van der Waals surface area (Å²) in [6.07, 6.45) is 0. The molecule has 2 aromatic heterocycles. The van der Waals surface area contributed by atoms with Gasteiger partial charge in [0.2, 0.25) is 0 Å². The van der Waals surface area contributed by atoms with Gasteiger partial charge < -0.3 is 4.57 Å². The molecule has 12 aromatic rings. The molecule has 0 aliphatic rings. The Morgan fingerprint density at radius 3 is 1.26 bits per heavy atom. The maximum atomic E-state index is 7.25. The summed E-state index contributed by atoms with van der Waals surface area (Å²) in [5.74, 6) is 0. The van der Waals surface area contributed by atoms with Crippen LogP contribution in [0.1, 0.15) is 0 Å². The van der Waals surface area contributed by atoms with Gasteiger partial charge in [0.1, 0.15) is 78.5 Å². The van der Waals surface area contributed by atoms with Crippen molar-refractivity contribution in [1.29, 1.82) is 0 Å². The molecule has 0 bridgehead atoms. The van der Waals surface area contributed by atoms with Gasteiger partial charge in [-0.2, -0.15) is 0 Å². The molecular weight excluding hydrogens is 907 g/mol. The number of para-hydroxylation sites is 1. The zero-order valence-electron chi connectivity index (χ0n) is 39.4. The first-order chi connectivity index (χ1) is 35.4. The van der Waals surface area contributed by atoms with Gasteiger partial charge in [-0.15, -0.1) is 54.1 Å². The molecule has 1 nitrogen and oxygen atoms in total. The summed E-state index contributed by atoms with van der Waals surface area (Å²) < 4.78 is 4.65. The van der Waals surface area contributed by atoms with Crippen LogP contribution >= 0.6 is 21.4 Å². The van der Waals surface area contributed by atoms with E-state index in [2.05, 4.69) is 162 Å². The molecule has 12 rings (SSSR count). The van der Waals surface area contributed by atoms with Gasteiger partial charge in [0.25, 0.3) is 0 Å². The molecule has 0 amide bonds. The highest BCUT2D eigenvalue weighted by atomic mass is 32.3. The Labute approximate surface area is 444 Å². The van der Waals surface area contributed by atoms with Gasteiger partial charge in [-0.25, -0.2) is 0 Å². The summed E-state index contributed by atoms with van der Waals surface area (Å²) >= 11 is 1.79. The van der Waals surface area contributed by atoms with Crippen molar-refractivity contribution in [3.8, 4) is 39.1 Å². The van der Waals surface area contributed by atoms with Gasteiger partial charge in [-0.1, -0.05) is 137 Å². The standard InChI is InChI=1S/C60H31B10NS2/c61-49-47(50(62)54(66)57(69)53(49)65)42-30-36(73(33-15-4-1-5-16-33,34-17-6-2-7-18-34)35-19-8-3-9-20-35)31-43(48-51(63)55(67)58(70)56(68)52(48)64)59(42)71-44-25-12-10-21-38(44)41-29-32(27-28-45(41)71)37-23-14-24-40-39-22-11-13-26-46(39)72-60(37)40/h1-31H. The topological polar surface area (TPSA) is 4.93 Å². The Bertz CT molecular complexity index is 3970. The second-order valence-corrected chi connectivity index (χ2v) is 22.3. The van der Waals surface area contributed by atoms with E-state index in [-0.39, 0.29) is 54.6 Å². The van der Waals surface area contributed by atoms with Crippen LogP contribution in [0.25, 0.3) is 81.0 Å². The molecule has 13 heteroatoms. The van der Waals surface area contributed by atoms with Crippen LogP contribution in [-0.4, -0.2) is 83.0 Å². The fourth-order valence-electron chi connectivity index (χ4n) is 10.7. The molecule has 0 aliphatic heterocycles. The van der Waals surface area contributed by atoms with Gasteiger partial charge in [-0.05, 0) is 95.1 Å². The van der Waals surface area contributed by atoms with Gasteiger partial charge >= 0.3 is 0 Å². The van der Waals surface area contributed by atoms with E-state index in [0.29, 0.717) is 27.9 Å². The molecular formula is C60H31B10NS2. The van der Waals surface area contributed by atoms with Crippen molar-refractivity contribution in [3.05, 3.63) is 188 Å². The second-order valence-electron chi connectivity index (χ2n) is 18.2. The SMILES string of the molecule is [B]c1c([B])c([B])c(-c2cc(S(c3ccccc3)(c3ccccc3)c3ccccc3)cc(-c3c([B])c([B])c([B])c([B])c3[B])c2-n2c3ccccc3c3cc(-c4cccc5c4sc4ccccc45)ccc32)c([B])c1[B]. The number of benzene rings is 10. The number of hydrogen-bond acceptors (Lipinski definition) is 1. The van der Waals surface area contributed by atoms with E-state index in [1.165, 1.54) is 20.2 Å². The highest BCUT2D eigenvalue weighted by Gasteiger charge is 2.36. The molecule has 318 valence electrons. The number of aromatic nitrogens is 1. The van der Waals surface area contributed by atoms with Crippen LogP contribution in [0.5, 0.6) is 0 Å². The van der Waals surface area contributed by atoms with E-state index in [1.54, 1.807) is 11.3 Å². The molecule has 0 saturated carbocycles. The van der Waals surface area contributed by atoms with Crippen LogP contribution in [-0.2, 0) is 0 Å². The average molecular weight is 938 g/mol. The first-order valence-electron chi connectivity index (χ1n) is 23.6. The summed E-state index contributed by atoms with van der Waals surface area (Å²) in [4.78, 5) is 4.00. The summed E-state index contributed by atoms with van der Waals surface area (Å²) in [6.45, 7) is 0. The van der Waals surface area contributed by atoms with E-state index < -0.39 is 10.0 Å². The molecule has 0 unspecified atom stereocenters. The Morgan fingerprint density at radius 2 is 0.740 bits per heavy atom. The Kier molecular flexibility index (Phi) is 11.8. The molecule has 0 aliphatic carbocycles. The molecule has 0 atom stereocenters. The lowest BCUT2D eigenvalue weighted by Crippen LogP contribution is -2.55. The van der Waals surface area contributed by atoms with Crippen LogP contribution in [0.2, 0.25) is 0 Å². The van der Waals surface area contributed by atoms with Crippen molar-refractivity contribution in [3.63, 3.8) is 0 Å². The average Bonchev–Trinajstić information content (AvgIpc) is 3.98. The fourth-order valence-corrected chi connectivity index (χ4v) is 15.9. The Balaban J connectivity index is 1.30. The normalized spacial score (nSPS) is 12.1. The number of rotatable bonds is 8. The zero-order valence-corrected chi connectivity index (χ0v) is 41.1. The van der Waals surface area contributed by atoms with Crippen molar-refractivity contribution in [2.45, 2.75) is 19.6 Å². The lowest BCUT2D eigenvalue weighted by Gasteiger charge is -2.43. The molecule has 73 heavy (non-hydrogen) atoms. The Hall–Kier alpha value is -6.78. The molecule has 0 saturated heterocycles. The summed E-state index contributed by atoms with van der Waals surface area (Å²) in [5.41, 5.74) is 7.50. The van der Waals surface area contributed by atoms with Crippen molar-refractivity contribution in [2.24, 2.45) is 0 Å². The third-order valence-corrected chi connectivity index (χ3v) is 19.4. The van der Waals surface area contributed by atoms with Crippen molar-refractivity contribution in [2.75, 3.05) is 0 Å². The summed E-state index contributed by atoms with van der Waals surface area (Å²) in [7, 11) is 67.1. The summed E-state index contributed by atoms with van der Waals surface area (Å²) in [6, 6.07) is 65.6. The third kappa shape index (κ3) is 7.20. The maximum Gasteiger partial charge on any atom is 0.113 e. The van der Waals surface area contributed by atoms with Crippen LogP contribution in [0.15, 0.2) is 208 Å². The molecule has 2 heterocycles. The van der Waals surface area contributed by atoms with E-state index in [9.17, 15) is 0 Å². The number of fused-ring (bicyclic) bond motifs is 6. The first-order valence-corrected chi connectivity index (χ1v) is 26.0. The van der Waals surface area contributed by atoms with Crippen molar-refractivity contribution >= 4 is 196 Å². The lowest BCUT2D eigenvalue weighted by atomic mass is 9.58. The maximum absolute atomic E-state index is 7.25. The Morgan fingerprint density at radius 1 is 0.315 bits per heavy atom. The van der Waals surface area contributed by atoms with E-state index in [4.69, 9.17) is 78.5 Å². The van der Waals surface area contributed by atoms with Crippen LogP contribution < -0.4 is 54.6 Å². The van der Waals surface area contributed by atoms with Crippen LogP contribution in [0.3, 0.4) is 0 Å². The molecule has 20 radical (unpaired) electrons. The van der Waals surface area contributed by atoms with Gasteiger partial charge in [0.05, 0.1) is 16.7 Å². The number of hydrogen-bond donors (Lipinski definition) is 0. The molecule has 0 fully saturated rings. The number of thiophene rings is 1. The largest absolute Gasteiger partial charge is 0.308 e. The smallest absolute Gasteiger partial charge is 0.113 e. The number of nitrogens with zero attached hydrogens (tertiary/aromatic N) is 1. The van der Waals surface area contributed by atoms with E-state index in [1.807, 2.05) is 30.3 Å². The minimum atomic E-state index is -2.46. The fraction of sp³-hybridized carbons (Fsp3) is 0. The first kappa shape index (κ1) is 47.2. The van der Waals surface area contributed by atoms with Crippen molar-refractivity contribution in [1.82, 2.24) is 4.57 Å². The summed E-state index contributed by atoms with van der Waals surface area (Å²) in [5, 5.41) is 4.41. The molecule has 10 aromatic carbocycles. The van der Waals surface area contributed by atoms with Crippen molar-refractivity contribution < 1.29 is 0 Å². The molecule has 0 spiro atoms. The minimum absolute atomic E-state index is 0.0835. The monoisotopic (exact) mass is 939 g/mol.